The second-order valence-corrected chi connectivity index (χ2v) is 6.53. The first-order valence-electron chi connectivity index (χ1n) is 6.81. The Hall–Kier alpha value is -0.380. The van der Waals surface area contributed by atoms with E-state index in [9.17, 15) is 0 Å². The molecule has 0 bridgehead atoms. The maximum absolute atomic E-state index is 3.69. The van der Waals surface area contributed by atoms with Gasteiger partial charge in [-0.25, -0.2) is 0 Å². The third-order valence-corrected chi connectivity index (χ3v) is 5.52. The van der Waals surface area contributed by atoms with Crippen LogP contribution < -0.4 is 10.6 Å². The van der Waals surface area contributed by atoms with Crippen LogP contribution >= 0.6 is 11.3 Å². The van der Waals surface area contributed by atoms with Gasteiger partial charge in [0.15, 0.2) is 0 Å². The number of nitrogens with one attached hydrogen (secondary N) is 2. The molecule has 2 N–H and O–H groups in total. The largest absolute Gasteiger partial charge is 0.312 e. The van der Waals surface area contributed by atoms with E-state index in [-0.39, 0.29) is 0 Å². The summed E-state index contributed by atoms with van der Waals surface area (Å²) in [5, 5.41) is 9.51. The first kappa shape index (κ1) is 11.7. The van der Waals surface area contributed by atoms with Gasteiger partial charge in [0.2, 0.25) is 0 Å². The van der Waals surface area contributed by atoms with Crippen LogP contribution in [-0.4, -0.2) is 19.1 Å². The van der Waals surface area contributed by atoms with Crippen LogP contribution in [0.15, 0.2) is 11.4 Å². The molecule has 0 radical (unpaired) electrons. The molecule has 0 amide bonds. The molecule has 3 unspecified atom stereocenters. The van der Waals surface area contributed by atoms with E-state index in [0.29, 0.717) is 0 Å². The first-order chi connectivity index (χ1) is 8.34. The molecule has 94 valence electrons. The Balaban J connectivity index is 1.47. The van der Waals surface area contributed by atoms with Crippen molar-refractivity contribution in [2.45, 2.75) is 38.8 Å². The summed E-state index contributed by atoms with van der Waals surface area (Å²) in [7, 11) is 0. The fourth-order valence-electron chi connectivity index (χ4n) is 3.45. The highest BCUT2D eigenvalue weighted by atomic mass is 32.1. The lowest BCUT2D eigenvalue weighted by Crippen LogP contribution is -2.37. The van der Waals surface area contributed by atoms with E-state index in [0.717, 1.165) is 31.0 Å². The molecule has 2 aliphatic rings. The van der Waals surface area contributed by atoms with Crippen LogP contribution in [0, 0.1) is 18.8 Å². The van der Waals surface area contributed by atoms with Gasteiger partial charge in [0.25, 0.3) is 0 Å². The lowest BCUT2D eigenvalue weighted by molar-refractivity contribution is 0.393. The predicted octanol–water partition coefficient (Wildman–Crippen LogP) is 2.53. The van der Waals surface area contributed by atoms with Gasteiger partial charge in [0.1, 0.15) is 0 Å². The van der Waals surface area contributed by atoms with E-state index < -0.39 is 0 Å². The fourth-order valence-corrected chi connectivity index (χ4v) is 4.33. The topological polar surface area (TPSA) is 24.1 Å². The maximum Gasteiger partial charge on any atom is 0.0303 e. The van der Waals surface area contributed by atoms with Crippen LogP contribution in [0.25, 0.3) is 0 Å². The van der Waals surface area contributed by atoms with E-state index >= 15 is 0 Å². The van der Waals surface area contributed by atoms with E-state index in [4.69, 9.17) is 0 Å². The van der Waals surface area contributed by atoms with Gasteiger partial charge in [-0.1, -0.05) is 6.42 Å². The molecule has 0 spiro atoms. The second kappa shape index (κ2) is 5.09. The van der Waals surface area contributed by atoms with Crippen molar-refractivity contribution in [2.24, 2.45) is 11.8 Å². The van der Waals surface area contributed by atoms with Crippen LogP contribution in [0.2, 0.25) is 0 Å². The molecule has 17 heavy (non-hydrogen) atoms. The molecule has 1 aliphatic heterocycles. The number of thiophene rings is 1. The van der Waals surface area contributed by atoms with E-state index in [2.05, 4.69) is 29.0 Å². The van der Waals surface area contributed by atoms with Crippen molar-refractivity contribution < 1.29 is 0 Å². The smallest absolute Gasteiger partial charge is 0.0303 e. The van der Waals surface area contributed by atoms with Crippen molar-refractivity contribution in [1.82, 2.24) is 10.6 Å². The highest BCUT2D eigenvalue weighted by molar-refractivity contribution is 7.10. The molecular weight excluding hydrogens is 228 g/mol. The monoisotopic (exact) mass is 250 g/mol. The average molecular weight is 250 g/mol. The van der Waals surface area contributed by atoms with Crippen molar-refractivity contribution in [3.8, 4) is 0 Å². The van der Waals surface area contributed by atoms with E-state index in [1.165, 1.54) is 36.2 Å². The normalized spacial score (nSPS) is 31.9. The van der Waals surface area contributed by atoms with E-state index in [1.54, 1.807) is 0 Å². The van der Waals surface area contributed by atoms with Gasteiger partial charge >= 0.3 is 0 Å². The lowest BCUT2D eigenvalue weighted by atomic mass is 9.94. The molecule has 3 atom stereocenters. The van der Waals surface area contributed by atoms with Gasteiger partial charge in [-0.3, -0.25) is 0 Å². The third-order valence-electron chi connectivity index (χ3n) is 4.49. The molecule has 2 heterocycles. The number of aryl methyl sites for hydroxylation is 1. The molecular formula is C14H22N2S. The zero-order valence-corrected chi connectivity index (χ0v) is 11.4. The van der Waals surface area contributed by atoms with E-state index in [1.807, 2.05) is 11.3 Å². The summed E-state index contributed by atoms with van der Waals surface area (Å²) in [4.78, 5) is 1.49. The van der Waals surface area contributed by atoms with Gasteiger partial charge < -0.3 is 10.6 Å². The standard InChI is InChI=1S/C14H22N2S/c1-10-5-6-17-14(10)9-15-8-13-12-4-2-3-11(12)7-16-13/h5-6,11-13,15-16H,2-4,7-9H2,1H3. The molecule has 1 saturated heterocycles. The summed E-state index contributed by atoms with van der Waals surface area (Å²) >= 11 is 1.87. The van der Waals surface area contributed by atoms with Gasteiger partial charge in [-0.05, 0) is 55.2 Å². The SMILES string of the molecule is Cc1ccsc1CNCC1NCC2CCCC21. The number of fused-ring (bicyclic) bond motifs is 1. The van der Waals surface area contributed by atoms with Crippen LogP contribution in [0.5, 0.6) is 0 Å². The zero-order valence-electron chi connectivity index (χ0n) is 10.5. The van der Waals surface area contributed by atoms with Crippen molar-refractivity contribution in [1.29, 1.82) is 0 Å². The Kier molecular flexibility index (Phi) is 3.50. The molecule has 3 rings (SSSR count). The summed E-state index contributed by atoms with van der Waals surface area (Å²) in [6.07, 6.45) is 4.36. The molecule has 2 nitrogen and oxygen atoms in total. The van der Waals surface area contributed by atoms with Crippen LogP contribution in [0.1, 0.15) is 29.7 Å². The Morgan fingerprint density at radius 2 is 2.41 bits per heavy atom. The maximum atomic E-state index is 3.69. The Morgan fingerprint density at radius 3 is 3.24 bits per heavy atom. The summed E-state index contributed by atoms with van der Waals surface area (Å²) in [6, 6.07) is 2.94. The van der Waals surface area contributed by atoms with Gasteiger partial charge in [0, 0.05) is 24.0 Å². The van der Waals surface area contributed by atoms with Crippen molar-refractivity contribution in [3.05, 3.63) is 21.9 Å². The zero-order chi connectivity index (χ0) is 11.7. The number of rotatable bonds is 4. The predicted molar refractivity (Wildman–Crippen MR) is 73.4 cm³/mol. The number of hydrogen-bond acceptors (Lipinski definition) is 3. The summed E-state index contributed by atoms with van der Waals surface area (Å²) in [5.74, 6) is 1.93. The molecule has 3 heteroatoms. The van der Waals surface area contributed by atoms with Crippen LogP contribution in [0.4, 0.5) is 0 Å². The Morgan fingerprint density at radius 1 is 1.47 bits per heavy atom. The summed E-state index contributed by atoms with van der Waals surface area (Å²) in [6.45, 7) is 5.64. The van der Waals surface area contributed by atoms with Gasteiger partial charge in [-0.2, -0.15) is 0 Å². The molecule has 2 fully saturated rings. The summed E-state index contributed by atoms with van der Waals surface area (Å²) < 4.78 is 0. The average Bonchev–Trinajstić information content (AvgIpc) is 2.98. The molecule has 1 aromatic heterocycles. The van der Waals surface area contributed by atoms with Crippen molar-refractivity contribution in [2.75, 3.05) is 13.1 Å². The summed E-state index contributed by atoms with van der Waals surface area (Å²) in [5.41, 5.74) is 1.43. The van der Waals surface area contributed by atoms with Crippen molar-refractivity contribution in [3.63, 3.8) is 0 Å². The second-order valence-electron chi connectivity index (χ2n) is 5.53. The lowest BCUT2D eigenvalue weighted by Gasteiger charge is -2.18. The highest BCUT2D eigenvalue weighted by Gasteiger charge is 2.38. The van der Waals surface area contributed by atoms with Crippen molar-refractivity contribution >= 4 is 11.3 Å². The molecule has 1 aromatic rings. The number of hydrogen-bond donors (Lipinski definition) is 2. The fraction of sp³-hybridized carbons (Fsp3) is 0.714. The first-order valence-corrected chi connectivity index (χ1v) is 7.69. The van der Waals surface area contributed by atoms with Crippen LogP contribution in [-0.2, 0) is 6.54 Å². The van der Waals surface area contributed by atoms with Gasteiger partial charge in [-0.15, -0.1) is 11.3 Å². The molecule has 1 aliphatic carbocycles. The minimum absolute atomic E-state index is 0.725. The quantitative estimate of drug-likeness (QED) is 0.858. The third kappa shape index (κ3) is 2.42. The Labute approximate surface area is 108 Å². The molecule has 1 saturated carbocycles. The Bertz CT molecular complexity index is 374. The minimum atomic E-state index is 0.725. The van der Waals surface area contributed by atoms with Gasteiger partial charge in [0.05, 0.1) is 0 Å². The highest BCUT2D eigenvalue weighted by Crippen LogP contribution is 2.37. The minimum Gasteiger partial charge on any atom is -0.312 e. The van der Waals surface area contributed by atoms with Crippen LogP contribution in [0.3, 0.4) is 0 Å². The molecule has 0 aromatic carbocycles.